The van der Waals surface area contributed by atoms with Crippen LogP contribution in [0.3, 0.4) is 0 Å². The zero-order valence-electron chi connectivity index (χ0n) is 12.0. The van der Waals surface area contributed by atoms with Crippen molar-refractivity contribution in [2.45, 2.75) is 20.3 Å². The molecule has 1 aromatic carbocycles. The second-order valence-corrected chi connectivity index (χ2v) is 4.10. The monoisotopic (exact) mass is 291 g/mol. The largest absolute Gasteiger partial charge is 0.465 e. The molecule has 0 saturated carbocycles. The molecule has 0 radical (unpaired) electrons. The Morgan fingerprint density at radius 3 is 2.05 bits per heavy atom. The molecule has 0 aliphatic carbocycles. The number of benzene rings is 1. The fourth-order valence-corrected chi connectivity index (χ4v) is 1.73. The van der Waals surface area contributed by atoms with E-state index in [1.54, 1.807) is 44.4 Å². The lowest BCUT2D eigenvalue weighted by molar-refractivity contribution is -0.161. The Hall–Kier alpha value is -2.55. The van der Waals surface area contributed by atoms with E-state index < -0.39 is 17.9 Å². The molecule has 1 rings (SSSR count). The quantitative estimate of drug-likeness (QED) is 0.433. The van der Waals surface area contributed by atoms with Crippen molar-refractivity contribution in [1.82, 2.24) is 0 Å². The third kappa shape index (κ3) is 5.15. The van der Waals surface area contributed by atoms with Gasteiger partial charge in [0.05, 0.1) is 13.2 Å². The highest BCUT2D eigenvalue weighted by atomic mass is 16.6. The summed E-state index contributed by atoms with van der Waals surface area (Å²) in [7, 11) is 0. The van der Waals surface area contributed by atoms with E-state index in [-0.39, 0.29) is 19.6 Å². The number of hydrogen-bond donors (Lipinski definition) is 0. The highest BCUT2D eigenvalue weighted by Crippen LogP contribution is 2.17. The van der Waals surface area contributed by atoms with E-state index >= 15 is 0 Å². The topological polar surface area (TPSA) is 85.6 Å². The average Bonchev–Trinajstić information content (AvgIpc) is 2.47. The molecule has 0 aliphatic heterocycles. The third-order valence-electron chi connectivity index (χ3n) is 2.67. The predicted octanol–water partition coefficient (Wildman–Crippen LogP) is 1.83. The van der Waals surface area contributed by atoms with Gasteiger partial charge in [-0.1, -0.05) is 12.1 Å². The first-order valence-corrected chi connectivity index (χ1v) is 6.60. The second-order valence-electron chi connectivity index (χ2n) is 4.10. The van der Waals surface area contributed by atoms with Gasteiger partial charge in [-0.3, -0.25) is 9.59 Å². The van der Waals surface area contributed by atoms with Crippen LogP contribution in [0.15, 0.2) is 24.3 Å². The predicted molar refractivity (Wildman–Crippen MR) is 73.1 cm³/mol. The molecule has 0 saturated heterocycles. The smallest absolute Gasteiger partial charge is 0.320 e. The van der Waals surface area contributed by atoms with E-state index in [1.807, 2.05) is 0 Å². The Bertz CT molecular complexity index is 500. The molecule has 0 aromatic heterocycles. The van der Waals surface area contributed by atoms with Gasteiger partial charge in [0.15, 0.2) is 5.92 Å². The van der Waals surface area contributed by atoms with Crippen molar-refractivity contribution in [3.63, 3.8) is 0 Å². The van der Waals surface area contributed by atoms with E-state index in [2.05, 4.69) is 4.74 Å². The molecule has 6 nitrogen and oxygen atoms in total. The van der Waals surface area contributed by atoms with Gasteiger partial charge in [0.2, 0.25) is 0 Å². The van der Waals surface area contributed by atoms with Crippen molar-refractivity contribution in [1.29, 1.82) is 5.26 Å². The van der Waals surface area contributed by atoms with Gasteiger partial charge < -0.3 is 14.2 Å². The first-order chi connectivity index (χ1) is 10.1. The molecular formula is C15H17NO5. The minimum Gasteiger partial charge on any atom is -0.465 e. The fourth-order valence-electron chi connectivity index (χ4n) is 1.73. The zero-order valence-corrected chi connectivity index (χ0v) is 12.0. The Kier molecular flexibility index (Phi) is 6.75. The maximum atomic E-state index is 11.8. The zero-order chi connectivity index (χ0) is 15.7. The number of hydrogen-bond acceptors (Lipinski definition) is 6. The van der Waals surface area contributed by atoms with Crippen molar-refractivity contribution >= 4 is 11.9 Å². The third-order valence-corrected chi connectivity index (χ3v) is 2.67. The SMILES string of the molecule is CCOC(=O)C(Cc1ccc(OC#N)cc1)C(=O)OCC. The molecule has 112 valence electrons. The highest BCUT2D eigenvalue weighted by Gasteiger charge is 2.29. The van der Waals surface area contributed by atoms with E-state index in [1.165, 1.54) is 0 Å². The fraction of sp³-hybridized carbons (Fsp3) is 0.400. The first kappa shape index (κ1) is 16.5. The Labute approximate surface area is 123 Å². The molecule has 0 N–H and O–H groups in total. The number of rotatable bonds is 7. The maximum Gasteiger partial charge on any atom is 0.320 e. The van der Waals surface area contributed by atoms with E-state index in [9.17, 15) is 9.59 Å². The van der Waals surface area contributed by atoms with Crippen LogP contribution in [0.2, 0.25) is 0 Å². The van der Waals surface area contributed by atoms with E-state index in [0.29, 0.717) is 5.75 Å². The van der Waals surface area contributed by atoms with Crippen LogP contribution in [0.4, 0.5) is 0 Å². The molecule has 0 fully saturated rings. The average molecular weight is 291 g/mol. The van der Waals surface area contributed by atoms with Crippen LogP contribution in [0.25, 0.3) is 0 Å². The number of carbonyl (C=O) groups excluding carboxylic acids is 2. The summed E-state index contributed by atoms with van der Waals surface area (Å²) >= 11 is 0. The van der Waals surface area contributed by atoms with Gasteiger partial charge >= 0.3 is 11.9 Å². The summed E-state index contributed by atoms with van der Waals surface area (Å²) in [4.78, 5) is 23.7. The van der Waals surface area contributed by atoms with Crippen LogP contribution in [0, 0.1) is 17.4 Å². The number of nitriles is 1. The van der Waals surface area contributed by atoms with Crippen LogP contribution >= 0.6 is 0 Å². The van der Waals surface area contributed by atoms with Crippen molar-refractivity contribution in [2.24, 2.45) is 5.92 Å². The lowest BCUT2D eigenvalue weighted by Crippen LogP contribution is -2.30. The Morgan fingerprint density at radius 2 is 1.62 bits per heavy atom. The molecular weight excluding hydrogens is 274 g/mol. The number of ether oxygens (including phenoxy) is 3. The summed E-state index contributed by atoms with van der Waals surface area (Å²) in [5.41, 5.74) is 0.742. The maximum absolute atomic E-state index is 11.8. The number of nitrogens with zero attached hydrogens (tertiary/aromatic N) is 1. The first-order valence-electron chi connectivity index (χ1n) is 6.60. The van der Waals surface area contributed by atoms with Crippen molar-refractivity contribution in [3.8, 4) is 12.0 Å². The van der Waals surface area contributed by atoms with Gasteiger partial charge in [-0.05, 0) is 38.0 Å². The van der Waals surface area contributed by atoms with Gasteiger partial charge in [0.25, 0.3) is 6.26 Å². The molecule has 0 heterocycles. The molecule has 21 heavy (non-hydrogen) atoms. The summed E-state index contributed by atoms with van der Waals surface area (Å²) in [5, 5.41) is 8.40. The van der Waals surface area contributed by atoms with Crippen molar-refractivity contribution in [2.75, 3.05) is 13.2 Å². The van der Waals surface area contributed by atoms with E-state index in [0.717, 1.165) is 5.56 Å². The van der Waals surface area contributed by atoms with Crippen LogP contribution in [-0.2, 0) is 25.5 Å². The molecule has 0 amide bonds. The van der Waals surface area contributed by atoms with Crippen LogP contribution < -0.4 is 4.74 Å². The molecule has 0 aliphatic rings. The second kappa shape index (κ2) is 8.59. The van der Waals surface area contributed by atoms with Crippen LogP contribution in [0.1, 0.15) is 19.4 Å². The normalized spacial score (nSPS) is 9.81. The minimum atomic E-state index is -0.993. The summed E-state index contributed by atoms with van der Waals surface area (Å²) in [6.45, 7) is 3.75. The number of carbonyl (C=O) groups is 2. The molecule has 6 heteroatoms. The summed E-state index contributed by atoms with van der Waals surface area (Å²) in [6.07, 6.45) is 1.74. The van der Waals surface area contributed by atoms with Crippen molar-refractivity contribution < 1.29 is 23.8 Å². The lowest BCUT2D eigenvalue weighted by Gasteiger charge is -2.14. The van der Waals surface area contributed by atoms with Gasteiger partial charge in [-0.15, -0.1) is 5.26 Å². The van der Waals surface area contributed by atoms with Gasteiger partial charge in [-0.2, -0.15) is 0 Å². The minimum absolute atomic E-state index is 0.171. The summed E-state index contributed by atoms with van der Waals surface area (Å²) in [6, 6.07) is 6.54. The van der Waals surface area contributed by atoms with Gasteiger partial charge in [0, 0.05) is 0 Å². The molecule has 0 unspecified atom stereocenters. The molecule has 0 spiro atoms. The summed E-state index contributed by atoms with van der Waals surface area (Å²) < 4.78 is 14.5. The van der Waals surface area contributed by atoms with Crippen molar-refractivity contribution in [3.05, 3.63) is 29.8 Å². The Balaban J connectivity index is 2.82. The van der Waals surface area contributed by atoms with Crippen LogP contribution in [0.5, 0.6) is 5.75 Å². The summed E-state index contributed by atoms with van der Waals surface area (Å²) in [5.74, 6) is -1.81. The lowest BCUT2D eigenvalue weighted by atomic mass is 9.99. The number of esters is 2. The highest BCUT2D eigenvalue weighted by molar-refractivity contribution is 5.95. The molecule has 0 atom stereocenters. The van der Waals surface area contributed by atoms with Crippen LogP contribution in [-0.4, -0.2) is 25.2 Å². The molecule has 0 bridgehead atoms. The Morgan fingerprint density at radius 1 is 1.10 bits per heavy atom. The molecule has 1 aromatic rings. The van der Waals surface area contributed by atoms with E-state index in [4.69, 9.17) is 14.7 Å². The standard InChI is InChI=1S/C15H17NO5/c1-3-19-14(17)13(15(18)20-4-2)9-11-5-7-12(8-6-11)21-10-16/h5-8,13H,3-4,9H2,1-2H3. The van der Waals surface area contributed by atoms with Gasteiger partial charge in [0.1, 0.15) is 5.75 Å². The van der Waals surface area contributed by atoms with Gasteiger partial charge in [-0.25, -0.2) is 0 Å².